The summed E-state index contributed by atoms with van der Waals surface area (Å²) in [4.78, 5) is 27.9. The first-order valence-corrected chi connectivity index (χ1v) is 7.69. The van der Waals surface area contributed by atoms with E-state index in [9.17, 15) is 9.59 Å². The van der Waals surface area contributed by atoms with Crippen LogP contribution in [0.15, 0.2) is 4.52 Å². The summed E-state index contributed by atoms with van der Waals surface area (Å²) in [6.45, 7) is 12.3. The van der Waals surface area contributed by atoms with Crippen LogP contribution in [0.2, 0.25) is 0 Å². The van der Waals surface area contributed by atoms with Crippen LogP contribution in [-0.4, -0.2) is 28.5 Å². The Hall–Kier alpha value is -1.72. The number of aryl methyl sites for hydroxylation is 1. The Balaban J connectivity index is 2.66. The molecule has 0 spiro atoms. The zero-order valence-corrected chi connectivity index (χ0v) is 14.3. The number of rotatable bonds is 7. The molecule has 0 bridgehead atoms. The molecule has 1 aromatic heterocycles. The van der Waals surface area contributed by atoms with Crippen LogP contribution in [0.25, 0.3) is 0 Å². The second-order valence-corrected chi connectivity index (χ2v) is 6.79. The molecule has 6 heteroatoms. The van der Waals surface area contributed by atoms with Crippen molar-refractivity contribution in [2.75, 3.05) is 6.61 Å². The van der Waals surface area contributed by atoms with Crippen LogP contribution in [0.4, 0.5) is 0 Å². The molecule has 0 aromatic carbocycles. The third kappa shape index (κ3) is 4.93. The van der Waals surface area contributed by atoms with Crippen molar-refractivity contribution in [1.29, 1.82) is 0 Å². The Bertz CT molecular complexity index is 514. The van der Waals surface area contributed by atoms with Gasteiger partial charge in [-0.25, -0.2) is 4.79 Å². The minimum absolute atomic E-state index is 0.0241. The van der Waals surface area contributed by atoms with E-state index in [0.29, 0.717) is 18.7 Å². The third-order valence-electron chi connectivity index (χ3n) is 3.46. The van der Waals surface area contributed by atoms with Crippen LogP contribution in [0, 0.1) is 17.3 Å². The van der Waals surface area contributed by atoms with Gasteiger partial charge in [0.15, 0.2) is 5.82 Å². The first kappa shape index (κ1) is 18.3. The van der Waals surface area contributed by atoms with Crippen LogP contribution < -0.4 is 0 Å². The smallest absolute Gasteiger partial charge is 0.397 e. The molecule has 1 unspecified atom stereocenters. The molecule has 1 atom stereocenters. The van der Waals surface area contributed by atoms with Crippen molar-refractivity contribution in [2.45, 2.75) is 54.4 Å². The first-order valence-electron chi connectivity index (χ1n) is 7.69. The molecule has 0 aliphatic carbocycles. The highest BCUT2D eigenvalue weighted by Crippen LogP contribution is 2.33. The maximum absolute atomic E-state index is 12.5. The third-order valence-corrected chi connectivity index (χ3v) is 3.46. The van der Waals surface area contributed by atoms with Gasteiger partial charge >= 0.3 is 11.9 Å². The number of aromatic nitrogens is 2. The fourth-order valence-electron chi connectivity index (χ4n) is 2.88. The Morgan fingerprint density at radius 1 is 1.27 bits per heavy atom. The van der Waals surface area contributed by atoms with E-state index >= 15 is 0 Å². The van der Waals surface area contributed by atoms with Crippen molar-refractivity contribution in [3.05, 3.63) is 11.7 Å². The van der Waals surface area contributed by atoms with Crippen molar-refractivity contribution in [1.82, 2.24) is 10.1 Å². The number of nitrogens with zero attached hydrogens (tertiary/aromatic N) is 2. The Kier molecular flexibility index (Phi) is 6.26. The van der Waals surface area contributed by atoms with E-state index in [1.165, 1.54) is 0 Å². The zero-order valence-electron chi connectivity index (χ0n) is 14.3. The number of ether oxygens (including phenoxy) is 1. The first-order chi connectivity index (χ1) is 10.2. The lowest BCUT2D eigenvalue weighted by atomic mass is 9.71. The molecule has 0 fully saturated rings. The Morgan fingerprint density at radius 2 is 1.91 bits per heavy atom. The van der Waals surface area contributed by atoms with Crippen molar-refractivity contribution in [2.24, 2.45) is 17.3 Å². The zero-order chi connectivity index (χ0) is 16.9. The number of ketones is 1. The lowest BCUT2D eigenvalue weighted by molar-refractivity contribution is -0.127. The quantitative estimate of drug-likeness (QED) is 0.720. The second-order valence-electron chi connectivity index (χ2n) is 6.79. The fourth-order valence-corrected chi connectivity index (χ4v) is 2.88. The van der Waals surface area contributed by atoms with Gasteiger partial charge in [-0.2, -0.15) is 4.98 Å². The van der Waals surface area contributed by atoms with Crippen LogP contribution in [-0.2, 0) is 16.0 Å². The van der Waals surface area contributed by atoms with Gasteiger partial charge in [-0.05, 0) is 18.3 Å². The van der Waals surface area contributed by atoms with E-state index in [4.69, 9.17) is 9.26 Å². The van der Waals surface area contributed by atoms with E-state index in [1.807, 2.05) is 0 Å². The summed E-state index contributed by atoms with van der Waals surface area (Å²) >= 11 is 0. The van der Waals surface area contributed by atoms with Gasteiger partial charge in [0.2, 0.25) is 0 Å². The summed E-state index contributed by atoms with van der Waals surface area (Å²) in [5, 5.41) is 3.72. The summed E-state index contributed by atoms with van der Waals surface area (Å²) in [6, 6.07) is 0. The maximum Gasteiger partial charge on any atom is 0.397 e. The van der Waals surface area contributed by atoms with E-state index in [1.54, 1.807) is 6.92 Å². The molecule has 1 aromatic rings. The molecule has 22 heavy (non-hydrogen) atoms. The molecular formula is C16H26N2O4. The highest BCUT2D eigenvalue weighted by molar-refractivity contribution is 5.84. The molecule has 6 nitrogen and oxygen atoms in total. The molecule has 1 heterocycles. The topological polar surface area (TPSA) is 82.3 Å². The van der Waals surface area contributed by atoms with Gasteiger partial charge in [0.1, 0.15) is 5.78 Å². The lowest BCUT2D eigenvalue weighted by Gasteiger charge is -2.32. The van der Waals surface area contributed by atoms with Crippen molar-refractivity contribution < 1.29 is 18.8 Å². The molecule has 0 aliphatic heterocycles. The molecular weight excluding hydrogens is 284 g/mol. The molecule has 0 N–H and O–H groups in total. The Morgan fingerprint density at radius 3 is 2.41 bits per heavy atom. The van der Waals surface area contributed by atoms with E-state index in [0.717, 1.165) is 0 Å². The van der Waals surface area contributed by atoms with Gasteiger partial charge in [0.25, 0.3) is 0 Å². The summed E-state index contributed by atoms with van der Waals surface area (Å²) in [7, 11) is 0. The number of hydrogen-bond donors (Lipinski definition) is 0. The lowest BCUT2D eigenvalue weighted by Crippen LogP contribution is -2.33. The van der Waals surface area contributed by atoms with Gasteiger partial charge in [0.05, 0.1) is 6.61 Å². The van der Waals surface area contributed by atoms with Crippen molar-refractivity contribution in [3.8, 4) is 0 Å². The second kappa shape index (κ2) is 7.51. The molecule has 0 aliphatic rings. The number of carbonyl (C=O) groups is 2. The summed E-state index contributed by atoms with van der Waals surface area (Å²) in [5.41, 5.74) is -0.0847. The number of carbonyl (C=O) groups excluding carboxylic acids is 2. The number of hydrogen-bond acceptors (Lipinski definition) is 6. The van der Waals surface area contributed by atoms with Gasteiger partial charge in [0, 0.05) is 18.8 Å². The van der Waals surface area contributed by atoms with Crippen molar-refractivity contribution in [3.63, 3.8) is 0 Å². The predicted octanol–water partition coefficient (Wildman–Crippen LogP) is 3.07. The van der Waals surface area contributed by atoms with Gasteiger partial charge < -0.3 is 9.26 Å². The minimum Gasteiger partial charge on any atom is -0.459 e. The van der Waals surface area contributed by atoms with E-state index in [2.05, 4.69) is 44.8 Å². The van der Waals surface area contributed by atoms with Crippen molar-refractivity contribution >= 4 is 11.8 Å². The predicted molar refractivity (Wildman–Crippen MR) is 81.4 cm³/mol. The highest BCUT2D eigenvalue weighted by Gasteiger charge is 2.33. The van der Waals surface area contributed by atoms with Crippen LogP contribution >= 0.6 is 0 Å². The molecule has 0 amide bonds. The number of esters is 1. The van der Waals surface area contributed by atoms with Gasteiger partial charge in [-0.1, -0.05) is 39.8 Å². The fraction of sp³-hybridized carbons (Fsp3) is 0.750. The van der Waals surface area contributed by atoms with Crippen LogP contribution in [0.5, 0.6) is 0 Å². The Labute approximate surface area is 131 Å². The summed E-state index contributed by atoms with van der Waals surface area (Å²) in [5.74, 6) is -0.0163. The van der Waals surface area contributed by atoms with Crippen LogP contribution in [0.1, 0.15) is 64.5 Å². The normalized spacial score (nSPS) is 13.2. The average Bonchev–Trinajstić information content (AvgIpc) is 2.83. The molecule has 0 radical (unpaired) electrons. The molecule has 1 rings (SSSR count). The van der Waals surface area contributed by atoms with E-state index in [-0.39, 0.29) is 35.5 Å². The monoisotopic (exact) mass is 310 g/mol. The van der Waals surface area contributed by atoms with Crippen LogP contribution in [0.3, 0.4) is 0 Å². The maximum atomic E-state index is 12.5. The largest absolute Gasteiger partial charge is 0.459 e. The summed E-state index contributed by atoms with van der Waals surface area (Å²) in [6.07, 6.45) is 0.697. The molecule has 0 saturated heterocycles. The molecule has 0 saturated carbocycles. The summed E-state index contributed by atoms with van der Waals surface area (Å²) < 4.78 is 9.62. The number of Topliss-reactive ketones (excluding diaryl/α,β-unsaturated/α-hetero) is 1. The highest BCUT2D eigenvalue weighted by atomic mass is 16.6. The van der Waals surface area contributed by atoms with Gasteiger partial charge in [-0.15, -0.1) is 0 Å². The van der Waals surface area contributed by atoms with E-state index < -0.39 is 5.97 Å². The standard InChI is InChI=1S/C16H26N2O4/c1-7-21-15(20)14-17-12(18-22-14)9-8-11(19)13(10(2)3)16(4,5)6/h10,13H,7-9H2,1-6H3. The SMILES string of the molecule is CCOC(=O)c1nc(CCC(=O)C(C(C)C)C(C)(C)C)no1. The van der Waals surface area contributed by atoms with Gasteiger partial charge in [-0.3, -0.25) is 4.79 Å². The average molecular weight is 310 g/mol. The minimum atomic E-state index is -0.637. The molecule has 124 valence electrons.